The normalized spacial score (nSPS) is 27.0. The topological polar surface area (TPSA) is 56.8 Å². The minimum absolute atomic E-state index is 0.402. The molecule has 2 aliphatic rings. The van der Waals surface area contributed by atoms with Crippen molar-refractivity contribution in [2.45, 2.75) is 76.2 Å². The molecule has 2 saturated carbocycles. The highest BCUT2D eigenvalue weighted by atomic mass is 19.1. The van der Waals surface area contributed by atoms with E-state index in [4.69, 9.17) is 15.3 Å². The molecule has 0 unspecified atom stereocenters. The Kier molecular flexibility index (Phi) is 9.32. The van der Waals surface area contributed by atoms with Crippen LogP contribution in [0.3, 0.4) is 0 Å². The zero-order chi connectivity index (χ0) is 21.9. The second kappa shape index (κ2) is 12.4. The molecule has 0 bridgehead atoms. The van der Waals surface area contributed by atoms with Crippen LogP contribution in [0.2, 0.25) is 0 Å². The van der Waals surface area contributed by atoms with Gasteiger partial charge in [-0.25, -0.2) is 0 Å². The number of halogens is 1. The Morgan fingerprint density at radius 2 is 1.65 bits per heavy atom. The van der Waals surface area contributed by atoms with Gasteiger partial charge in [-0.05, 0) is 92.9 Å². The van der Waals surface area contributed by atoms with Crippen LogP contribution in [0.1, 0.15) is 81.3 Å². The first kappa shape index (κ1) is 23.2. The minimum Gasteiger partial charge on any atom is -0.378 e. The van der Waals surface area contributed by atoms with Crippen molar-refractivity contribution in [2.24, 2.45) is 11.8 Å². The largest absolute Gasteiger partial charge is 0.378 e. The lowest BCUT2D eigenvalue weighted by atomic mass is 9.80. The van der Waals surface area contributed by atoms with Crippen molar-refractivity contribution in [3.63, 3.8) is 0 Å². The predicted octanol–water partition coefficient (Wildman–Crippen LogP) is 7.12. The molecule has 0 amide bonds. The molecule has 0 heterocycles. The monoisotopic (exact) mass is 420 g/mol. The van der Waals surface area contributed by atoms with Crippen LogP contribution in [0.15, 0.2) is 48.3 Å². The summed E-state index contributed by atoms with van der Waals surface area (Å²) in [5, 5.41) is 17.3. The van der Waals surface area contributed by atoms with E-state index in [0.29, 0.717) is 17.9 Å². The molecule has 164 valence electrons. The van der Waals surface area contributed by atoms with Crippen LogP contribution in [-0.4, -0.2) is 12.7 Å². The second-order valence-corrected chi connectivity index (χ2v) is 9.06. The molecule has 4 heteroatoms. The van der Waals surface area contributed by atoms with Crippen molar-refractivity contribution < 1.29 is 9.13 Å². The van der Waals surface area contributed by atoms with Gasteiger partial charge in [0, 0.05) is 6.61 Å². The molecule has 0 atom stereocenters. The van der Waals surface area contributed by atoms with Crippen LogP contribution >= 0.6 is 0 Å². The number of benzene rings is 1. The van der Waals surface area contributed by atoms with Crippen LogP contribution in [0.5, 0.6) is 0 Å². The first-order chi connectivity index (χ1) is 15.2. The summed E-state index contributed by atoms with van der Waals surface area (Å²) < 4.78 is 19.0. The van der Waals surface area contributed by atoms with Gasteiger partial charge in [-0.15, -0.1) is 0 Å². The fourth-order valence-corrected chi connectivity index (χ4v) is 4.97. The van der Waals surface area contributed by atoms with Crippen molar-refractivity contribution >= 4 is 0 Å². The highest BCUT2D eigenvalue weighted by Gasteiger charge is 2.25. The highest BCUT2D eigenvalue weighted by Crippen LogP contribution is 2.36. The Bertz CT molecular complexity index is 814. The van der Waals surface area contributed by atoms with Gasteiger partial charge in [0.25, 0.3) is 0 Å². The van der Waals surface area contributed by atoms with Crippen molar-refractivity contribution in [2.75, 3.05) is 6.61 Å². The number of rotatable bonds is 8. The fraction of sp³-hybridized carbons (Fsp3) is 0.556. The lowest BCUT2D eigenvalue weighted by Gasteiger charge is -2.32. The maximum Gasteiger partial charge on any atom is 0.199 e. The van der Waals surface area contributed by atoms with Crippen molar-refractivity contribution in [3.05, 3.63) is 59.4 Å². The molecule has 0 aromatic heterocycles. The molecule has 31 heavy (non-hydrogen) atoms. The van der Waals surface area contributed by atoms with Gasteiger partial charge in [0.2, 0.25) is 0 Å². The number of hydrogen-bond donors (Lipinski definition) is 0. The molecule has 0 N–H and O–H groups in total. The number of nitriles is 2. The van der Waals surface area contributed by atoms with E-state index in [1.54, 1.807) is 6.08 Å². The molecular formula is C27H33FN2O. The van der Waals surface area contributed by atoms with Crippen LogP contribution in [0.25, 0.3) is 0 Å². The molecule has 0 spiro atoms. The van der Waals surface area contributed by atoms with Crippen molar-refractivity contribution in [1.82, 2.24) is 0 Å². The first-order valence-electron chi connectivity index (χ1n) is 11.7. The third-order valence-electron chi connectivity index (χ3n) is 6.95. The van der Waals surface area contributed by atoms with E-state index < -0.39 is 5.83 Å². The lowest BCUT2D eigenvalue weighted by molar-refractivity contribution is -0.00474. The Labute approximate surface area is 186 Å². The van der Waals surface area contributed by atoms with Gasteiger partial charge in [-0.3, -0.25) is 0 Å². The Balaban J connectivity index is 1.28. The number of allylic oxidation sites excluding steroid dienone is 4. The number of ether oxygens (including phenoxy) is 1. The van der Waals surface area contributed by atoms with Crippen LogP contribution in [0.4, 0.5) is 4.39 Å². The highest BCUT2D eigenvalue weighted by molar-refractivity contribution is 5.33. The van der Waals surface area contributed by atoms with E-state index in [0.717, 1.165) is 43.8 Å². The van der Waals surface area contributed by atoms with Gasteiger partial charge < -0.3 is 4.74 Å². The van der Waals surface area contributed by atoms with Crippen LogP contribution in [-0.2, 0) is 4.74 Å². The standard InChI is InChI=1S/C27H33FN2O/c28-26(19-30)5-3-1-2-4-21-6-8-23(9-7-21)20-31-27-16-14-25(15-17-27)24-12-10-22(18-29)11-13-24/h1,3,5,10-13,21,23,25,27H,2,4,6-9,14-17,20H2/b3-1+,26-5-. The summed E-state index contributed by atoms with van der Waals surface area (Å²) in [7, 11) is 0. The maximum absolute atomic E-state index is 12.7. The Hall–Kier alpha value is -2.43. The summed E-state index contributed by atoms with van der Waals surface area (Å²) in [5.74, 6) is 1.31. The summed E-state index contributed by atoms with van der Waals surface area (Å²) in [6.07, 6.45) is 16.9. The summed E-state index contributed by atoms with van der Waals surface area (Å²) in [4.78, 5) is 0. The second-order valence-electron chi connectivity index (χ2n) is 9.06. The van der Waals surface area contributed by atoms with Gasteiger partial charge in [0.05, 0.1) is 17.7 Å². The number of nitrogens with zero attached hydrogens (tertiary/aromatic N) is 2. The lowest BCUT2D eigenvalue weighted by Crippen LogP contribution is -2.25. The van der Waals surface area contributed by atoms with E-state index >= 15 is 0 Å². The quantitative estimate of drug-likeness (QED) is 0.332. The molecule has 2 fully saturated rings. The molecule has 3 nitrogen and oxygen atoms in total. The molecular weight excluding hydrogens is 387 g/mol. The molecule has 1 aromatic rings. The molecule has 0 aliphatic heterocycles. The van der Waals surface area contributed by atoms with Gasteiger partial charge in [0.15, 0.2) is 5.83 Å². The van der Waals surface area contributed by atoms with E-state index in [1.165, 1.54) is 56.2 Å². The average Bonchev–Trinajstić information content (AvgIpc) is 2.83. The summed E-state index contributed by atoms with van der Waals surface area (Å²) >= 11 is 0. The first-order valence-corrected chi connectivity index (χ1v) is 11.7. The van der Waals surface area contributed by atoms with E-state index in [1.807, 2.05) is 18.2 Å². The molecule has 0 saturated heterocycles. The van der Waals surface area contributed by atoms with Crippen LogP contribution in [0, 0.1) is 34.5 Å². The van der Waals surface area contributed by atoms with Crippen LogP contribution < -0.4 is 0 Å². The molecule has 2 aliphatic carbocycles. The fourth-order valence-electron chi connectivity index (χ4n) is 4.97. The third kappa shape index (κ3) is 7.64. The molecule has 0 radical (unpaired) electrons. The van der Waals surface area contributed by atoms with E-state index in [9.17, 15) is 4.39 Å². The summed E-state index contributed by atoms with van der Waals surface area (Å²) in [6.45, 7) is 0.900. The zero-order valence-electron chi connectivity index (χ0n) is 18.3. The predicted molar refractivity (Wildman–Crippen MR) is 121 cm³/mol. The van der Waals surface area contributed by atoms with E-state index in [-0.39, 0.29) is 0 Å². The van der Waals surface area contributed by atoms with E-state index in [2.05, 4.69) is 18.2 Å². The minimum atomic E-state index is -0.737. The van der Waals surface area contributed by atoms with Gasteiger partial charge in [0.1, 0.15) is 6.07 Å². The Morgan fingerprint density at radius 3 is 2.29 bits per heavy atom. The number of hydrogen-bond acceptors (Lipinski definition) is 3. The SMILES string of the molecule is N#C/C(F)=C/C=C/CCC1CCC(COC2CCC(c3ccc(C#N)cc3)CC2)CC1. The molecule has 1 aromatic carbocycles. The third-order valence-corrected chi connectivity index (χ3v) is 6.95. The summed E-state index contributed by atoms with van der Waals surface area (Å²) in [6, 6.07) is 11.7. The maximum atomic E-state index is 12.7. The average molecular weight is 421 g/mol. The van der Waals surface area contributed by atoms with Crippen molar-refractivity contribution in [1.29, 1.82) is 10.5 Å². The zero-order valence-corrected chi connectivity index (χ0v) is 18.3. The summed E-state index contributed by atoms with van der Waals surface area (Å²) in [5.41, 5.74) is 2.09. The smallest absolute Gasteiger partial charge is 0.199 e. The molecule has 3 rings (SSSR count). The van der Waals surface area contributed by atoms with Gasteiger partial charge in [-0.2, -0.15) is 14.9 Å². The van der Waals surface area contributed by atoms with Gasteiger partial charge >= 0.3 is 0 Å². The Morgan fingerprint density at radius 1 is 0.968 bits per heavy atom. The van der Waals surface area contributed by atoms with Crippen molar-refractivity contribution in [3.8, 4) is 12.1 Å². The van der Waals surface area contributed by atoms with Gasteiger partial charge in [-0.1, -0.05) is 37.1 Å².